The fourth-order valence-corrected chi connectivity index (χ4v) is 5.14. The molecule has 5 nitrogen and oxygen atoms in total. The van der Waals surface area contributed by atoms with Gasteiger partial charge in [0.25, 0.3) is 0 Å². The molecule has 172 valence electrons. The summed E-state index contributed by atoms with van der Waals surface area (Å²) in [6.07, 6.45) is 4.08. The summed E-state index contributed by atoms with van der Waals surface area (Å²) in [4.78, 5) is 19.3. The second kappa shape index (κ2) is 10.8. The highest BCUT2D eigenvalue weighted by Crippen LogP contribution is 2.30. The Balaban J connectivity index is 1.37. The van der Waals surface area contributed by atoms with Crippen LogP contribution in [-0.2, 0) is 11.2 Å². The summed E-state index contributed by atoms with van der Waals surface area (Å²) in [5, 5.41) is 12.6. The number of halogens is 1. The lowest BCUT2D eigenvalue weighted by molar-refractivity contribution is -0.146. The molecule has 0 radical (unpaired) electrons. The summed E-state index contributed by atoms with van der Waals surface area (Å²) < 4.78 is 19.9. The van der Waals surface area contributed by atoms with Gasteiger partial charge in [0, 0.05) is 11.9 Å². The van der Waals surface area contributed by atoms with E-state index in [1.54, 1.807) is 18.4 Å². The van der Waals surface area contributed by atoms with Gasteiger partial charge < -0.3 is 9.84 Å². The molecule has 0 amide bonds. The molecule has 1 fully saturated rings. The predicted molar refractivity (Wildman–Crippen MR) is 128 cm³/mol. The summed E-state index contributed by atoms with van der Waals surface area (Å²) in [5.41, 5.74) is 1.35. The Bertz CT molecular complexity index is 1170. The molecule has 0 spiro atoms. The Hall–Kier alpha value is -2.95. The van der Waals surface area contributed by atoms with Crippen LogP contribution in [0.15, 0.2) is 41.9 Å². The molecular formula is C26H27FN2O3S. The first-order valence-electron chi connectivity index (χ1n) is 11.1. The number of carboxylic acids is 1. The van der Waals surface area contributed by atoms with Gasteiger partial charge in [-0.15, -0.1) is 11.3 Å². The second-order valence-electron chi connectivity index (χ2n) is 8.37. The number of aryl methyl sites for hydroxylation is 1. The molecule has 0 saturated carbocycles. The van der Waals surface area contributed by atoms with Crippen LogP contribution in [-0.4, -0.2) is 47.7 Å². The van der Waals surface area contributed by atoms with Crippen molar-refractivity contribution >= 4 is 28.2 Å². The standard InChI is InChI=1S/C26H27FN2O3S/c1-32-19-9-10-25-22(15-19)21(24(27)16-28-25)8-2-5-18-11-13-29(17-23(18)26(30)31)12-3-6-20-7-4-14-33-20/h4,7,9-10,14-16,18,23H,2,5,8,11-13,17H2,1H3,(H,30,31). The number of hydrogen-bond acceptors (Lipinski definition) is 5. The van der Waals surface area contributed by atoms with Gasteiger partial charge in [0.1, 0.15) is 11.6 Å². The van der Waals surface area contributed by atoms with Gasteiger partial charge in [-0.2, -0.15) is 0 Å². The minimum Gasteiger partial charge on any atom is -0.497 e. The maximum absolute atomic E-state index is 14.6. The lowest BCUT2D eigenvalue weighted by atomic mass is 9.81. The summed E-state index contributed by atoms with van der Waals surface area (Å²) in [5.74, 6) is 5.52. The number of aliphatic carboxylic acids is 1. The quantitative estimate of drug-likeness (QED) is 0.505. The minimum absolute atomic E-state index is 0.0784. The SMILES string of the molecule is COc1ccc2ncc(F)c(CCCC3CCN(CC#Cc4cccs4)CC3C(=O)O)c2c1. The summed E-state index contributed by atoms with van der Waals surface area (Å²) in [6.45, 7) is 1.91. The van der Waals surface area contributed by atoms with E-state index < -0.39 is 11.9 Å². The second-order valence-corrected chi connectivity index (χ2v) is 9.32. The van der Waals surface area contributed by atoms with Crippen LogP contribution in [0, 0.1) is 29.5 Å². The Morgan fingerprint density at radius 3 is 3.03 bits per heavy atom. The van der Waals surface area contributed by atoms with Crippen LogP contribution in [0.2, 0.25) is 0 Å². The number of carboxylic acid groups (broad SMARTS) is 1. The van der Waals surface area contributed by atoms with Crippen molar-refractivity contribution in [1.29, 1.82) is 0 Å². The van der Waals surface area contributed by atoms with Crippen molar-refractivity contribution in [3.05, 3.63) is 58.2 Å². The summed E-state index contributed by atoms with van der Waals surface area (Å²) >= 11 is 1.60. The lowest BCUT2D eigenvalue weighted by Crippen LogP contribution is -2.44. The Morgan fingerprint density at radius 2 is 2.27 bits per heavy atom. The van der Waals surface area contributed by atoms with Gasteiger partial charge in [-0.1, -0.05) is 17.9 Å². The van der Waals surface area contributed by atoms with Crippen molar-refractivity contribution in [2.24, 2.45) is 11.8 Å². The molecule has 1 aromatic carbocycles. The van der Waals surface area contributed by atoms with Crippen molar-refractivity contribution in [2.75, 3.05) is 26.7 Å². The molecule has 2 unspecified atom stereocenters. The predicted octanol–water partition coefficient (Wildman–Crippen LogP) is 4.84. The zero-order valence-electron chi connectivity index (χ0n) is 18.6. The molecule has 3 aromatic rings. The first kappa shape index (κ1) is 23.2. The number of benzene rings is 1. The molecular weight excluding hydrogens is 439 g/mol. The van der Waals surface area contributed by atoms with E-state index in [0.717, 1.165) is 41.6 Å². The molecule has 4 rings (SSSR count). The molecule has 0 aliphatic carbocycles. The first-order valence-corrected chi connectivity index (χ1v) is 12.0. The first-order chi connectivity index (χ1) is 16.0. The van der Waals surface area contributed by atoms with Crippen molar-refractivity contribution in [2.45, 2.75) is 25.7 Å². The minimum atomic E-state index is -0.763. The molecule has 33 heavy (non-hydrogen) atoms. The van der Waals surface area contributed by atoms with E-state index >= 15 is 0 Å². The third-order valence-electron chi connectivity index (χ3n) is 6.33. The molecule has 2 aromatic heterocycles. The topological polar surface area (TPSA) is 62.7 Å². The van der Waals surface area contributed by atoms with E-state index in [2.05, 4.69) is 21.7 Å². The van der Waals surface area contributed by atoms with Crippen LogP contribution >= 0.6 is 11.3 Å². The highest BCUT2D eigenvalue weighted by molar-refractivity contribution is 7.10. The molecule has 1 aliphatic heterocycles. The van der Waals surface area contributed by atoms with Crippen LogP contribution in [0.3, 0.4) is 0 Å². The number of pyridine rings is 1. The van der Waals surface area contributed by atoms with E-state index in [1.165, 1.54) is 6.20 Å². The van der Waals surface area contributed by atoms with Gasteiger partial charge >= 0.3 is 5.97 Å². The Labute approximate surface area is 197 Å². The molecule has 0 bridgehead atoms. The molecule has 7 heteroatoms. The van der Waals surface area contributed by atoms with Crippen LogP contribution in [0.25, 0.3) is 10.9 Å². The number of aromatic nitrogens is 1. The molecule has 1 aliphatic rings. The summed E-state index contributed by atoms with van der Waals surface area (Å²) in [6, 6.07) is 9.41. The van der Waals surface area contributed by atoms with Gasteiger partial charge in [0.15, 0.2) is 0 Å². The monoisotopic (exact) mass is 466 g/mol. The maximum atomic E-state index is 14.6. The fraction of sp³-hybridized carbons (Fsp3) is 0.385. The lowest BCUT2D eigenvalue weighted by Gasteiger charge is -2.35. The average molecular weight is 467 g/mol. The highest BCUT2D eigenvalue weighted by Gasteiger charge is 2.33. The van der Waals surface area contributed by atoms with E-state index in [1.807, 2.05) is 35.7 Å². The molecule has 2 atom stereocenters. The van der Waals surface area contributed by atoms with Gasteiger partial charge in [-0.3, -0.25) is 14.7 Å². The fourth-order valence-electron chi connectivity index (χ4n) is 4.55. The smallest absolute Gasteiger partial charge is 0.308 e. The number of rotatable bonds is 7. The molecule has 3 heterocycles. The number of piperidine rings is 1. The normalized spacial score (nSPS) is 18.6. The van der Waals surface area contributed by atoms with Crippen molar-refractivity contribution < 1.29 is 19.0 Å². The Kier molecular flexibility index (Phi) is 7.58. The number of carbonyl (C=O) groups is 1. The van der Waals surface area contributed by atoms with Crippen molar-refractivity contribution in [1.82, 2.24) is 9.88 Å². The van der Waals surface area contributed by atoms with E-state index in [0.29, 0.717) is 30.8 Å². The number of hydrogen-bond donors (Lipinski definition) is 1. The number of methoxy groups -OCH3 is 1. The third kappa shape index (κ3) is 5.70. The van der Waals surface area contributed by atoms with E-state index in [4.69, 9.17) is 4.74 Å². The van der Waals surface area contributed by atoms with E-state index in [-0.39, 0.29) is 11.7 Å². The highest BCUT2D eigenvalue weighted by atomic mass is 32.1. The van der Waals surface area contributed by atoms with Crippen LogP contribution < -0.4 is 4.74 Å². The maximum Gasteiger partial charge on any atom is 0.308 e. The van der Waals surface area contributed by atoms with Gasteiger partial charge in [-0.25, -0.2) is 4.39 Å². The van der Waals surface area contributed by atoms with Gasteiger partial charge in [-0.05, 0) is 73.4 Å². The molecule has 1 saturated heterocycles. The molecule has 1 N–H and O–H groups in total. The number of nitrogens with zero attached hydrogens (tertiary/aromatic N) is 2. The van der Waals surface area contributed by atoms with Crippen LogP contribution in [0.1, 0.15) is 29.7 Å². The van der Waals surface area contributed by atoms with Crippen molar-refractivity contribution in [3.63, 3.8) is 0 Å². The van der Waals surface area contributed by atoms with Crippen LogP contribution in [0.5, 0.6) is 5.75 Å². The van der Waals surface area contributed by atoms with Gasteiger partial charge in [0.2, 0.25) is 0 Å². The van der Waals surface area contributed by atoms with Crippen LogP contribution in [0.4, 0.5) is 4.39 Å². The largest absolute Gasteiger partial charge is 0.497 e. The zero-order valence-corrected chi connectivity index (χ0v) is 19.4. The summed E-state index contributed by atoms with van der Waals surface area (Å²) in [7, 11) is 1.58. The number of thiophene rings is 1. The number of likely N-dealkylation sites (tertiary alicyclic amines) is 1. The van der Waals surface area contributed by atoms with Crippen molar-refractivity contribution in [3.8, 4) is 17.6 Å². The number of fused-ring (bicyclic) bond motifs is 1. The Morgan fingerprint density at radius 1 is 1.39 bits per heavy atom. The van der Waals surface area contributed by atoms with Gasteiger partial charge in [0.05, 0.1) is 36.2 Å². The number of ether oxygens (including phenoxy) is 1. The van der Waals surface area contributed by atoms with E-state index in [9.17, 15) is 14.3 Å². The average Bonchev–Trinajstić information content (AvgIpc) is 3.34. The third-order valence-corrected chi connectivity index (χ3v) is 7.11. The zero-order chi connectivity index (χ0) is 23.2.